The van der Waals surface area contributed by atoms with Crippen LogP contribution in [0.4, 0.5) is 21.0 Å². The Labute approximate surface area is 390 Å². The van der Waals surface area contributed by atoms with Crippen molar-refractivity contribution in [2.75, 3.05) is 81.6 Å². The van der Waals surface area contributed by atoms with Gasteiger partial charge in [0.2, 0.25) is 0 Å². The van der Waals surface area contributed by atoms with E-state index in [1.165, 1.54) is 27.6 Å². The fourth-order valence-corrected chi connectivity index (χ4v) is 8.54. The summed E-state index contributed by atoms with van der Waals surface area (Å²) in [7, 11) is -3.62. The predicted octanol–water partition coefficient (Wildman–Crippen LogP) is 4.98. The summed E-state index contributed by atoms with van der Waals surface area (Å²) in [6, 6.07) is 20.3. The van der Waals surface area contributed by atoms with Gasteiger partial charge in [-0.15, -0.1) is 22.7 Å². The van der Waals surface area contributed by atoms with Crippen LogP contribution in [0.2, 0.25) is 0 Å². The van der Waals surface area contributed by atoms with Crippen molar-refractivity contribution >= 4 is 85.8 Å². The minimum Gasteiger partial charge on any atom is -0.466 e. The van der Waals surface area contributed by atoms with Crippen LogP contribution >= 0.6 is 22.7 Å². The predicted molar refractivity (Wildman–Crippen MR) is 250 cm³/mol. The molecule has 0 radical (unpaired) electrons. The van der Waals surface area contributed by atoms with Gasteiger partial charge in [0.15, 0.2) is 0 Å². The van der Waals surface area contributed by atoms with Crippen LogP contribution in [0, 0.1) is 10.8 Å². The third kappa shape index (κ3) is 14.5. The van der Waals surface area contributed by atoms with E-state index in [1.807, 2.05) is 5.38 Å². The lowest BCUT2D eigenvalue weighted by Crippen LogP contribution is -2.49. The molecule has 2 aromatic carbocycles. The van der Waals surface area contributed by atoms with E-state index in [4.69, 9.17) is 25.0 Å². The van der Waals surface area contributed by atoms with E-state index in [9.17, 15) is 32.4 Å². The van der Waals surface area contributed by atoms with Gasteiger partial charge in [0.1, 0.15) is 30.5 Å². The first kappa shape index (κ1) is 49.4. The molecule has 22 heteroatoms. The van der Waals surface area contributed by atoms with E-state index >= 15 is 0 Å². The van der Waals surface area contributed by atoms with Gasteiger partial charge in [-0.05, 0) is 77.8 Å². The molecule has 7 rings (SSSR count). The maximum absolute atomic E-state index is 12.6. The molecule has 3 aliphatic heterocycles. The van der Waals surface area contributed by atoms with Gasteiger partial charge in [0.05, 0.1) is 42.1 Å². The van der Waals surface area contributed by atoms with E-state index in [2.05, 4.69) is 31.5 Å². The zero-order valence-electron chi connectivity index (χ0n) is 36.4. The van der Waals surface area contributed by atoms with Gasteiger partial charge in [0, 0.05) is 61.8 Å². The number of ether oxygens (including phenoxy) is 3. The number of hydrogen-bond donors (Lipinski definition) is 4. The van der Waals surface area contributed by atoms with Gasteiger partial charge in [-0.25, -0.2) is 9.59 Å². The van der Waals surface area contributed by atoms with Crippen molar-refractivity contribution in [3.8, 4) is 0 Å². The van der Waals surface area contributed by atoms with Crippen molar-refractivity contribution in [1.82, 2.24) is 20.4 Å². The molecule has 66 heavy (non-hydrogen) atoms. The summed E-state index contributed by atoms with van der Waals surface area (Å²) in [6.45, 7) is 7.71. The number of rotatable bonds is 17. The lowest BCUT2D eigenvalue weighted by molar-refractivity contribution is -0.144. The Morgan fingerprint density at radius 3 is 1.70 bits per heavy atom. The number of amides is 4. The zero-order chi connectivity index (χ0) is 47.2. The Bertz CT molecular complexity index is 2430. The highest BCUT2D eigenvalue weighted by Crippen LogP contribution is 2.25. The Kier molecular flexibility index (Phi) is 17.5. The Balaban J connectivity index is 0.000000229. The molecule has 3 aliphatic rings. The van der Waals surface area contributed by atoms with Crippen LogP contribution in [-0.4, -0.2) is 144 Å². The van der Waals surface area contributed by atoms with Crippen molar-refractivity contribution in [3.63, 3.8) is 0 Å². The lowest BCUT2D eigenvalue weighted by Gasteiger charge is -2.35. The van der Waals surface area contributed by atoms with E-state index in [0.717, 1.165) is 45.3 Å². The summed E-state index contributed by atoms with van der Waals surface area (Å²) >= 11 is 2.60. The second-order valence-electron chi connectivity index (χ2n) is 15.4. The van der Waals surface area contributed by atoms with Crippen LogP contribution in [0.5, 0.6) is 0 Å². The summed E-state index contributed by atoms with van der Waals surface area (Å²) in [5.41, 5.74) is 2.23. The van der Waals surface area contributed by atoms with Gasteiger partial charge < -0.3 is 29.7 Å². The molecular weight excluding hydrogens is 913 g/mol. The van der Waals surface area contributed by atoms with Gasteiger partial charge in [-0.3, -0.25) is 44.1 Å². The standard InChI is InChI=1S/C27H35N5O5S.C17H17N3O6S2/c1-2-3-16-36-24(33)10-11-30-12-14-31(15-13-30)18-22-19-32(27(35)37-22)21-8-6-20(7-9-21)25(28)29-26(34)23-5-4-17-38-23;1-28(23,24)25-10-13-9-20(17(22)26-13)12-6-4-11(5-7-12)15(18)19-16(21)14-3-2-8-27-14/h4-9,17,22H,2-3,10-16,18-19H2,1H3,(H2,28,29,34);2-8,13H,9-10H2,1H3,(H2,18,19,21). The summed E-state index contributed by atoms with van der Waals surface area (Å²) in [6.07, 6.45) is 1.32. The van der Waals surface area contributed by atoms with Crippen LogP contribution in [0.1, 0.15) is 56.7 Å². The molecule has 0 aliphatic carbocycles. The number of hydrogen-bond acceptors (Lipinski definition) is 17. The van der Waals surface area contributed by atoms with Crippen molar-refractivity contribution < 1.29 is 50.8 Å². The number of nitrogens with one attached hydrogen (secondary N) is 4. The number of nitrogens with zero attached hydrogens (tertiary/aromatic N) is 4. The van der Waals surface area contributed by atoms with Gasteiger partial charge in [0.25, 0.3) is 21.9 Å². The summed E-state index contributed by atoms with van der Waals surface area (Å²) in [5.74, 6) is -0.865. The lowest BCUT2D eigenvalue weighted by atomic mass is 10.1. The molecule has 4 aromatic rings. The highest BCUT2D eigenvalue weighted by molar-refractivity contribution is 7.86. The second-order valence-corrected chi connectivity index (χ2v) is 18.9. The number of esters is 1. The minimum atomic E-state index is -3.62. The first-order valence-electron chi connectivity index (χ1n) is 21.1. The van der Waals surface area contributed by atoms with E-state index in [1.54, 1.807) is 83.1 Å². The molecule has 2 atom stereocenters. The van der Waals surface area contributed by atoms with Crippen molar-refractivity contribution in [3.05, 3.63) is 104 Å². The maximum Gasteiger partial charge on any atom is 0.414 e. The number of thiophene rings is 2. The maximum atomic E-state index is 12.6. The SMILES string of the molecule is CCCCOC(=O)CCN1CCN(CC2CN(c3ccc(C(=N)NC(=O)c4cccs4)cc3)C(=O)O2)CC1.CS(=O)(=O)OCC1CN(c2ccc(C(=N)NC(=O)c3cccs3)cc2)C(=O)O1. The molecule has 2 unspecified atom stereocenters. The number of benzene rings is 2. The molecule has 19 nitrogen and oxygen atoms in total. The van der Waals surface area contributed by atoms with Gasteiger partial charge in [-0.1, -0.05) is 25.5 Å². The molecule has 0 bridgehead atoms. The smallest absolute Gasteiger partial charge is 0.414 e. The minimum absolute atomic E-state index is 0.00403. The second kappa shape index (κ2) is 23.4. The molecule has 352 valence electrons. The zero-order valence-corrected chi connectivity index (χ0v) is 38.9. The van der Waals surface area contributed by atoms with Crippen LogP contribution in [0.3, 0.4) is 0 Å². The largest absolute Gasteiger partial charge is 0.466 e. The van der Waals surface area contributed by atoms with Crippen LogP contribution in [0.25, 0.3) is 0 Å². The highest BCUT2D eigenvalue weighted by atomic mass is 32.2. The molecule has 5 heterocycles. The Hall–Kier alpha value is -6.04. The molecule has 2 aromatic heterocycles. The Morgan fingerprint density at radius 2 is 1.23 bits per heavy atom. The van der Waals surface area contributed by atoms with Crippen LogP contribution < -0.4 is 20.4 Å². The average Bonchev–Trinajstić information content (AvgIpc) is 4.15. The first-order chi connectivity index (χ1) is 31.6. The number of carbonyl (C=O) groups is 5. The van der Waals surface area contributed by atoms with Crippen molar-refractivity contribution in [2.24, 2.45) is 0 Å². The van der Waals surface area contributed by atoms with Crippen molar-refractivity contribution in [1.29, 1.82) is 10.8 Å². The molecule has 4 N–H and O–H groups in total. The topological polar surface area (TPSA) is 241 Å². The Morgan fingerprint density at radius 1 is 0.742 bits per heavy atom. The third-order valence-electron chi connectivity index (χ3n) is 10.4. The molecular formula is C44H52N8O11S3. The molecule has 3 saturated heterocycles. The third-order valence-corrected chi connectivity index (χ3v) is 12.7. The molecule has 3 fully saturated rings. The summed E-state index contributed by atoms with van der Waals surface area (Å²) in [5, 5.41) is 24.9. The number of piperazine rings is 1. The average molecular weight is 965 g/mol. The summed E-state index contributed by atoms with van der Waals surface area (Å²) < 4.78 is 42.7. The molecule has 4 amide bonds. The fraction of sp³-hybridized carbons (Fsp3) is 0.386. The number of cyclic esters (lactones) is 2. The normalized spacial score (nSPS) is 17.6. The van der Waals surface area contributed by atoms with Crippen molar-refractivity contribution in [2.45, 2.75) is 38.4 Å². The first-order valence-corrected chi connectivity index (χ1v) is 24.7. The molecule has 0 saturated carbocycles. The quantitative estimate of drug-likeness (QED) is 0.0273. The van der Waals surface area contributed by atoms with Crippen LogP contribution in [-0.2, 0) is 33.3 Å². The molecule has 0 spiro atoms. The summed E-state index contributed by atoms with van der Waals surface area (Å²) in [4.78, 5) is 69.1. The van der Waals surface area contributed by atoms with E-state index in [0.29, 0.717) is 64.9 Å². The van der Waals surface area contributed by atoms with E-state index in [-0.39, 0.29) is 54.8 Å². The number of unbranched alkanes of at least 4 members (excludes halogenated alkanes) is 1. The monoisotopic (exact) mass is 964 g/mol. The van der Waals surface area contributed by atoms with E-state index < -0.39 is 22.3 Å². The van der Waals surface area contributed by atoms with Crippen LogP contribution in [0.15, 0.2) is 83.6 Å². The van der Waals surface area contributed by atoms with Gasteiger partial charge in [-0.2, -0.15) is 8.42 Å². The fourth-order valence-electron chi connectivity index (χ4n) is 6.91. The number of amidine groups is 2. The number of anilines is 2. The highest BCUT2D eigenvalue weighted by Gasteiger charge is 2.35. The number of carbonyl (C=O) groups excluding carboxylic acids is 5. The van der Waals surface area contributed by atoms with Gasteiger partial charge >= 0.3 is 18.2 Å².